The van der Waals surface area contributed by atoms with Gasteiger partial charge in [-0.2, -0.15) is 18.2 Å². The summed E-state index contributed by atoms with van der Waals surface area (Å²) < 4.78 is 0. The zero-order chi connectivity index (χ0) is 14.1. The van der Waals surface area contributed by atoms with E-state index in [0.29, 0.717) is 0 Å². The van der Waals surface area contributed by atoms with Gasteiger partial charge in [0, 0.05) is 26.2 Å². The minimum Gasteiger partial charge on any atom is -0.214 e. The van der Waals surface area contributed by atoms with Crippen LogP contribution in [-0.4, -0.2) is 0 Å². The average Bonchev–Trinajstić information content (AvgIpc) is 3.40. The molecule has 0 amide bonds. The molecule has 1 heteroatoms. The molecular formula is C20H20Zr-. The van der Waals surface area contributed by atoms with Gasteiger partial charge < -0.3 is 0 Å². The van der Waals surface area contributed by atoms with E-state index in [1.165, 1.54) is 0 Å². The fraction of sp³-hybridized carbons (Fsp3) is 0. The maximum absolute atomic E-state index is 2.00. The Morgan fingerprint density at radius 3 is 0.619 bits per heavy atom. The van der Waals surface area contributed by atoms with E-state index >= 15 is 0 Å². The van der Waals surface area contributed by atoms with Gasteiger partial charge in [-0.1, -0.05) is 0 Å². The van der Waals surface area contributed by atoms with Gasteiger partial charge in [0.25, 0.3) is 0 Å². The maximum Gasteiger partial charge on any atom is 0 e. The van der Waals surface area contributed by atoms with Crippen LogP contribution in [0, 0.1) is 96.3 Å². The van der Waals surface area contributed by atoms with E-state index in [1.54, 1.807) is 0 Å². The van der Waals surface area contributed by atoms with Crippen LogP contribution in [0.15, 0.2) is 30.3 Å². The maximum atomic E-state index is 2.00. The van der Waals surface area contributed by atoms with Crippen molar-refractivity contribution in [1.82, 2.24) is 0 Å². The quantitative estimate of drug-likeness (QED) is 0.605. The third-order valence-corrected chi connectivity index (χ3v) is 2.22. The summed E-state index contributed by atoms with van der Waals surface area (Å²) in [6.45, 7) is 0. The first kappa shape index (κ1) is 21.2. The average molecular weight is 352 g/mol. The van der Waals surface area contributed by atoms with Crippen molar-refractivity contribution in [2.45, 2.75) is 0 Å². The largest absolute Gasteiger partial charge is 0.214 e. The van der Waals surface area contributed by atoms with Crippen molar-refractivity contribution in [2.24, 2.45) is 0 Å². The van der Waals surface area contributed by atoms with E-state index in [0.717, 1.165) is 0 Å². The molecule has 0 aliphatic heterocycles. The first-order valence-electron chi connectivity index (χ1n) is 6.67. The smallest absolute Gasteiger partial charge is 0 e. The second-order valence-electron chi connectivity index (χ2n) is 3.85. The SMILES string of the molecule is [CH]1[CH][CH][CH][CH]1.[CH]1[CH][CH][CH][CH]1.[CH]1[CH][CH][CH][CH]1.[Zr].c1cc[cH-]c1. The molecule has 0 N–H and O–H groups in total. The van der Waals surface area contributed by atoms with Crippen molar-refractivity contribution in [2.75, 3.05) is 0 Å². The topological polar surface area (TPSA) is 0 Å². The van der Waals surface area contributed by atoms with Crippen LogP contribution in [0.2, 0.25) is 0 Å². The van der Waals surface area contributed by atoms with E-state index in [2.05, 4.69) is 0 Å². The molecule has 0 saturated heterocycles. The van der Waals surface area contributed by atoms with Crippen LogP contribution in [0.4, 0.5) is 0 Å². The van der Waals surface area contributed by atoms with Crippen molar-refractivity contribution in [3.8, 4) is 0 Å². The predicted octanol–water partition coefficient (Wildman–Crippen LogP) is 4.47. The van der Waals surface area contributed by atoms with Crippen LogP contribution in [0.25, 0.3) is 0 Å². The van der Waals surface area contributed by atoms with Crippen molar-refractivity contribution in [3.05, 3.63) is 127 Å². The van der Waals surface area contributed by atoms with Crippen molar-refractivity contribution < 1.29 is 26.2 Å². The van der Waals surface area contributed by atoms with Crippen LogP contribution >= 0.6 is 0 Å². The number of hydrogen-bond acceptors (Lipinski definition) is 0. The molecule has 3 fully saturated rings. The Kier molecular flexibility index (Phi) is 18.5. The van der Waals surface area contributed by atoms with Gasteiger partial charge in [-0.25, -0.2) is 12.1 Å². The van der Waals surface area contributed by atoms with E-state index in [-0.39, 0.29) is 26.2 Å². The van der Waals surface area contributed by atoms with Gasteiger partial charge in [0.1, 0.15) is 0 Å². The minimum absolute atomic E-state index is 0. The number of hydrogen-bond donors (Lipinski definition) is 0. The van der Waals surface area contributed by atoms with Gasteiger partial charge >= 0.3 is 0 Å². The van der Waals surface area contributed by atoms with Crippen LogP contribution in [0.5, 0.6) is 0 Å². The zero-order valence-electron chi connectivity index (χ0n) is 12.0. The molecule has 15 radical (unpaired) electrons. The predicted molar refractivity (Wildman–Crippen MR) is 86.5 cm³/mol. The second-order valence-corrected chi connectivity index (χ2v) is 3.85. The molecular weight excluding hydrogens is 331 g/mol. The van der Waals surface area contributed by atoms with Gasteiger partial charge in [-0.05, 0) is 96.3 Å². The monoisotopic (exact) mass is 350 g/mol. The molecule has 0 aromatic heterocycles. The van der Waals surface area contributed by atoms with E-state index in [9.17, 15) is 0 Å². The zero-order valence-corrected chi connectivity index (χ0v) is 14.5. The Morgan fingerprint density at radius 1 is 0.333 bits per heavy atom. The standard InChI is InChI=1S/4C5H5.Zr/c4*1-2-4-5-3-1;/h4*1-5H;/q;;;-1;. The van der Waals surface area contributed by atoms with Crippen molar-refractivity contribution in [1.29, 1.82) is 0 Å². The first-order chi connectivity index (χ1) is 10.0. The van der Waals surface area contributed by atoms with Crippen LogP contribution < -0.4 is 0 Å². The molecule has 0 nitrogen and oxygen atoms in total. The Hall–Kier alpha value is 0.233. The van der Waals surface area contributed by atoms with Crippen molar-refractivity contribution in [3.63, 3.8) is 0 Å². The third-order valence-electron chi connectivity index (χ3n) is 2.22. The molecule has 0 spiro atoms. The molecule has 3 aliphatic carbocycles. The van der Waals surface area contributed by atoms with Gasteiger partial charge in [0.05, 0.1) is 0 Å². The molecule has 3 saturated carbocycles. The molecule has 21 heavy (non-hydrogen) atoms. The second kappa shape index (κ2) is 18.3. The molecule has 1 aromatic rings. The first-order valence-corrected chi connectivity index (χ1v) is 6.67. The molecule has 4 rings (SSSR count). The van der Waals surface area contributed by atoms with Gasteiger partial charge in [0.2, 0.25) is 0 Å². The Morgan fingerprint density at radius 2 is 0.524 bits per heavy atom. The molecule has 0 atom stereocenters. The Balaban J connectivity index is 0.000000250. The molecule has 0 bridgehead atoms. The normalized spacial score (nSPS) is 19.0. The van der Waals surface area contributed by atoms with Crippen LogP contribution in [0.3, 0.4) is 0 Å². The summed E-state index contributed by atoms with van der Waals surface area (Å²) in [6, 6.07) is 10.0. The summed E-state index contributed by atoms with van der Waals surface area (Å²) in [5, 5.41) is 0. The Bertz CT molecular complexity index is 177. The molecule has 105 valence electrons. The van der Waals surface area contributed by atoms with Crippen molar-refractivity contribution >= 4 is 0 Å². The summed E-state index contributed by atoms with van der Waals surface area (Å²) in [5.74, 6) is 0. The molecule has 3 aliphatic rings. The number of rotatable bonds is 0. The van der Waals surface area contributed by atoms with Gasteiger partial charge in [-0.15, -0.1) is 0 Å². The molecule has 1 aromatic carbocycles. The fourth-order valence-corrected chi connectivity index (χ4v) is 1.28. The third kappa shape index (κ3) is 16.4. The van der Waals surface area contributed by atoms with E-state index in [1.807, 2.05) is 127 Å². The summed E-state index contributed by atoms with van der Waals surface area (Å²) in [7, 11) is 0. The summed E-state index contributed by atoms with van der Waals surface area (Å²) in [6.07, 6.45) is 30.0. The molecule has 0 unspecified atom stereocenters. The van der Waals surface area contributed by atoms with Crippen LogP contribution in [0.1, 0.15) is 0 Å². The fourth-order valence-electron chi connectivity index (χ4n) is 1.28. The van der Waals surface area contributed by atoms with Gasteiger partial charge in [0.15, 0.2) is 0 Å². The summed E-state index contributed by atoms with van der Waals surface area (Å²) in [4.78, 5) is 0. The minimum atomic E-state index is 0. The summed E-state index contributed by atoms with van der Waals surface area (Å²) in [5.41, 5.74) is 0. The Labute approximate surface area is 152 Å². The van der Waals surface area contributed by atoms with Gasteiger partial charge in [-0.3, -0.25) is 0 Å². The van der Waals surface area contributed by atoms with E-state index in [4.69, 9.17) is 0 Å². The summed E-state index contributed by atoms with van der Waals surface area (Å²) >= 11 is 0. The molecule has 0 heterocycles. The van der Waals surface area contributed by atoms with Crippen LogP contribution in [-0.2, 0) is 26.2 Å². The van der Waals surface area contributed by atoms with E-state index < -0.39 is 0 Å².